The van der Waals surface area contributed by atoms with E-state index in [1.165, 1.54) is 12.1 Å². The second kappa shape index (κ2) is 6.39. The molecule has 0 aromatic heterocycles. The predicted molar refractivity (Wildman–Crippen MR) is 83.9 cm³/mol. The number of carboxylic acids is 1. The summed E-state index contributed by atoms with van der Waals surface area (Å²) < 4.78 is 13.8. The quantitative estimate of drug-likeness (QED) is 0.857. The first-order valence-electron chi connectivity index (χ1n) is 6.72. The Hall–Kier alpha value is -1.68. The molecule has 0 saturated heterocycles. The summed E-state index contributed by atoms with van der Waals surface area (Å²) in [5, 5.41) is 9.79. The summed E-state index contributed by atoms with van der Waals surface area (Å²) in [4.78, 5) is 11.9. The highest BCUT2D eigenvalue weighted by Gasteiger charge is 2.39. The smallest absolute Gasteiger partial charge is 0.314 e. The van der Waals surface area contributed by atoms with Crippen molar-refractivity contribution in [3.05, 3.63) is 69.9 Å². The van der Waals surface area contributed by atoms with Crippen molar-refractivity contribution in [3.63, 3.8) is 0 Å². The lowest BCUT2D eigenvalue weighted by atomic mass is 9.73. The highest BCUT2D eigenvalue weighted by atomic mass is 79.9. The molecule has 0 bridgehead atoms. The van der Waals surface area contributed by atoms with Crippen molar-refractivity contribution in [2.75, 3.05) is 0 Å². The van der Waals surface area contributed by atoms with Crippen molar-refractivity contribution >= 4 is 21.9 Å². The maximum Gasteiger partial charge on any atom is 0.314 e. The zero-order valence-electron chi connectivity index (χ0n) is 11.6. The average molecular weight is 351 g/mol. The standard InChI is InChI=1S/C17H16BrFO2/c1-2-17(16(20)21,13-6-4-3-5-7-13)11-12-8-9-14(19)10-15(12)18/h3-10H,2,11H2,1H3,(H,20,21). The number of hydrogen-bond donors (Lipinski definition) is 1. The van der Waals surface area contributed by atoms with Crippen LogP contribution in [0.4, 0.5) is 4.39 Å². The molecule has 0 heterocycles. The van der Waals surface area contributed by atoms with E-state index >= 15 is 0 Å². The molecule has 2 aromatic rings. The average Bonchev–Trinajstić information content (AvgIpc) is 2.47. The van der Waals surface area contributed by atoms with Crippen LogP contribution in [-0.2, 0) is 16.6 Å². The fraction of sp³-hybridized carbons (Fsp3) is 0.235. The van der Waals surface area contributed by atoms with Crippen LogP contribution in [0.15, 0.2) is 53.0 Å². The van der Waals surface area contributed by atoms with Crippen molar-refractivity contribution in [1.29, 1.82) is 0 Å². The van der Waals surface area contributed by atoms with E-state index in [1.54, 1.807) is 6.07 Å². The molecule has 2 aromatic carbocycles. The molecule has 0 aliphatic rings. The number of carbonyl (C=O) groups is 1. The maximum absolute atomic E-state index is 13.2. The van der Waals surface area contributed by atoms with Crippen molar-refractivity contribution in [1.82, 2.24) is 0 Å². The maximum atomic E-state index is 13.2. The lowest BCUT2D eigenvalue weighted by Crippen LogP contribution is -2.37. The molecule has 1 unspecified atom stereocenters. The summed E-state index contributed by atoms with van der Waals surface area (Å²) >= 11 is 3.32. The molecule has 0 spiro atoms. The molecule has 2 rings (SSSR count). The van der Waals surface area contributed by atoms with Crippen LogP contribution in [0.5, 0.6) is 0 Å². The van der Waals surface area contributed by atoms with E-state index in [4.69, 9.17) is 0 Å². The molecule has 0 saturated carbocycles. The topological polar surface area (TPSA) is 37.3 Å². The largest absolute Gasteiger partial charge is 0.481 e. The molecule has 21 heavy (non-hydrogen) atoms. The number of aliphatic carboxylic acids is 1. The number of hydrogen-bond acceptors (Lipinski definition) is 1. The molecule has 4 heteroatoms. The van der Waals surface area contributed by atoms with Crippen LogP contribution in [0.2, 0.25) is 0 Å². The van der Waals surface area contributed by atoms with Crippen LogP contribution in [0.1, 0.15) is 24.5 Å². The summed E-state index contributed by atoms with van der Waals surface area (Å²) in [6.07, 6.45) is 0.764. The minimum atomic E-state index is -1.01. The molecule has 0 aliphatic carbocycles. The van der Waals surface area contributed by atoms with Gasteiger partial charge in [0.05, 0.1) is 5.41 Å². The van der Waals surface area contributed by atoms with E-state index in [9.17, 15) is 14.3 Å². The monoisotopic (exact) mass is 350 g/mol. The van der Waals surface area contributed by atoms with Gasteiger partial charge in [-0.05, 0) is 36.1 Å². The zero-order chi connectivity index (χ0) is 15.5. The van der Waals surface area contributed by atoms with Crippen molar-refractivity contribution in [2.45, 2.75) is 25.2 Å². The molecule has 2 nitrogen and oxygen atoms in total. The van der Waals surface area contributed by atoms with Crippen LogP contribution in [0.25, 0.3) is 0 Å². The fourth-order valence-corrected chi connectivity index (χ4v) is 3.02. The minimum absolute atomic E-state index is 0.309. The first-order valence-corrected chi connectivity index (χ1v) is 7.52. The van der Waals surface area contributed by atoms with Crippen LogP contribution >= 0.6 is 15.9 Å². The van der Waals surface area contributed by atoms with Gasteiger partial charge in [0.1, 0.15) is 5.82 Å². The lowest BCUT2D eigenvalue weighted by Gasteiger charge is -2.29. The van der Waals surface area contributed by atoms with Crippen molar-refractivity contribution in [2.24, 2.45) is 0 Å². The summed E-state index contributed by atoms with van der Waals surface area (Å²) in [7, 11) is 0. The summed E-state index contributed by atoms with van der Waals surface area (Å²) in [6.45, 7) is 1.86. The van der Waals surface area contributed by atoms with Gasteiger partial charge in [0.2, 0.25) is 0 Å². The van der Waals surface area contributed by atoms with E-state index in [2.05, 4.69) is 15.9 Å². The zero-order valence-corrected chi connectivity index (χ0v) is 13.2. The predicted octanol–water partition coefficient (Wildman–Crippen LogP) is 4.56. The van der Waals surface area contributed by atoms with E-state index in [-0.39, 0.29) is 5.82 Å². The first-order chi connectivity index (χ1) is 9.99. The highest BCUT2D eigenvalue weighted by molar-refractivity contribution is 9.10. The Morgan fingerprint density at radius 1 is 1.24 bits per heavy atom. The van der Waals surface area contributed by atoms with Gasteiger partial charge in [-0.2, -0.15) is 0 Å². The van der Waals surface area contributed by atoms with Gasteiger partial charge >= 0.3 is 5.97 Å². The number of benzene rings is 2. The second-order valence-electron chi connectivity index (χ2n) is 5.02. The van der Waals surface area contributed by atoms with Gasteiger partial charge in [-0.1, -0.05) is 59.3 Å². The Kier molecular flexibility index (Phi) is 4.78. The van der Waals surface area contributed by atoms with Crippen LogP contribution < -0.4 is 0 Å². The van der Waals surface area contributed by atoms with Gasteiger partial charge in [-0.15, -0.1) is 0 Å². The molecular weight excluding hydrogens is 335 g/mol. The minimum Gasteiger partial charge on any atom is -0.481 e. The number of rotatable bonds is 5. The Labute approximate surface area is 131 Å². The van der Waals surface area contributed by atoms with Gasteiger partial charge < -0.3 is 5.11 Å². The molecular formula is C17H16BrFO2. The Bertz CT molecular complexity index is 642. The van der Waals surface area contributed by atoms with Gasteiger partial charge in [0.15, 0.2) is 0 Å². The first kappa shape index (κ1) is 15.7. The molecule has 1 N–H and O–H groups in total. The molecule has 0 aliphatic heterocycles. The molecule has 0 radical (unpaired) electrons. The Balaban J connectivity index is 2.49. The molecule has 110 valence electrons. The third-order valence-electron chi connectivity index (χ3n) is 3.85. The molecule has 0 fully saturated rings. The molecule has 1 atom stereocenters. The SMILES string of the molecule is CCC(Cc1ccc(F)cc1Br)(C(=O)O)c1ccccc1. The van der Waals surface area contributed by atoms with Gasteiger partial charge in [-0.25, -0.2) is 4.39 Å². The highest BCUT2D eigenvalue weighted by Crippen LogP contribution is 2.34. The third-order valence-corrected chi connectivity index (χ3v) is 4.58. The molecule has 0 amide bonds. The van der Waals surface area contributed by atoms with Crippen molar-refractivity contribution in [3.8, 4) is 0 Å². The van der Waals surface area contributed by atoms with E-state index in [0.717, 1.165) is 11.1 Å². The number of carboxylic acid groups (broad SMARTS) is 1. The number of halogens is 2. The lowest BCUT2D eigenvalue weighted by molar-refractivity contribution is -0.144. The van der Waals surface area contributed by atoms with Gasteiger partial charge in [0.25, 0.3) is 0 Å². The summed E-state index contributed by atoms with van der Waals surface area (Å²) in [5.74, 6) is -1.21. The summed E-state index contributed by atoms with van der Waals surface area (Å²) in [6, 6.07) is 13.5. The van der Waals surface area contributed by atoms with Crippen molar-refractivity contribution < 1.29 is 14.3 Å². The van der Waals surface area contributed by atoms with Crippen LogP contribution in [0.3, 0.4) is 0 Å². The Morgan fingerprint density at radius 3 is 2.43 bits per heavy atom. The second-order valence-corrected chi connectivity index (χ2v) is 5.87. The Morgan fingerprint density at radius 2 is 1.90 bits per heavy atom. The van der Waals surface area contributed by atoms with E-state index in [0.29, 0.717) is 17.3 Å². The van der Waals surface area contributed by atoms with Crippen LogP contribution in [-0.4, -0.2) is 11.1 Å². The van der Waals surface area contributed by atoms with Crippen LogP contribution in [0, 0.1) is 5.82 Å². The normalized spacial score (nSPS) is 13.7. The van der Waals surface area contributed by atoms with E-state index < -0.39 is 11.4 Å². The van der Waals surface area contributed by atoms with Gasteiger partial charge in [-0.3, -0.25) is 4.79 Å². The summed E-state index contributed by atoms with van der Waals surface area (Å²) in [5.41, 5.74) is 0.530. The van der Waals surface area contributed by atoms with E-state index in [1.807, 2.05) is 37.3 Å². The fourth-order valence-electron chi connectivity index (χ4n) is 2.53. The van der Waals surface area contributed by atoms with Gasteiger partial charge in [0, 0.05) is 4.47 Å². The third kappa shape index (κ3) is 3.16.